The van der Waals surface area contributed by atoms with Crippen molar-refractivity contribution in [3.8, 4) is 0 Å². The molecular formula is C11H15BrN2O. The minimum atomic E-state index is -0.00368. The molecule has 0 heterocycles. The van der Waals surface area contributed by atoms with Crippen molar-refractivity contribution in [2.45, 2.75) is 6.92 Å². The van der Waals surface area contributed by atoms with Crippen molar-refractivity contribution in [2.24, 2.45) is 5.73 Å². The predicted molar refractivity (Wildman–Crippen MR) is 64.9 cm³/mol. The zero-order chi connectivity index (χ0) is 11.4. The fourth-order valence-corrected chi connectivity index (χ4v) is 1.72. The Morgan fingerprint density at radius 2 is 2.20 bits per heavy atom. The number of carbonyl (C=O) groups is 1. The van der Waals surface area contributed by atoms with Crippen molar-refractivity contribution in [3.63, 3.8) is 0 Å². The summed E-state index contributed by atoms with van der Waals surface area (Å²) in [6.45, 7) is 3.01. The summed E-state index contributed by atoms with van der Waals surface area (Å²) in [6, 6.07) is 5.72. The molecule has 0 radical (unpaired) electrons. The van der Waals surface area contributed by atoms with Crippen LogP contribution in [0.1, 0.15) is 15.9 Å². The first-order valence-corrected chi connectivity index (χ1v) is 5.57. The molecule has 0 fully saturated rings. The standard InChI is InChI=1S/C11H15BrN2O/c1-8-3-4-10(12)9(7-8)11(15)14(2)6-5-13/h3-4,7H,5-6,13H2,1-2H3. The van der Waals surface area contributed by atoms with E-state index >= 15 is 0 Å². The maximum Gasteiger partial charge on any atom is 0.254 e. The van der Waals surface area contributed by atoms with Gasteiger partial charge in [0.1, 0.15) is 0 Å². The molecule has 0 atom stereocenters. The van der Waals surface area contributed by atoms with Crippen LogP contribution in [0.2, 0.25) is 0 Å². The number of rotatable bonds is 3. The second-order valence-corrected chi connectivity index (χ2v) is 4.35. The molecule has 3 nitrogen and oxygen atoms in total. The van der Waals surface area contributed by atoms with Crippen LogP contribution in [-0.4, -0.2) is 30.9 Å². The Bertz CT molecular complexity index is 366. The van der Waals surface area contributed by atoms with Gasteiger partial charge in [-0.1, -0.05) is 11.6 Å². The van der Waals surface area contributed by atoms with E-state index in [-0.39, 0.29) is 5.91 Å². The van der Waals surface area contributed by atoms with Crippen LogP contribution >= 0.6 is 15.9 Å². The zero-order valence-corrected chi connectivity index (χ0v) is 10.5. The van der Waals surface area contributed by atoms with Crippen LogP contribution in [0.15, 0.2) is 22.7 Å². The minimum Gasteiger partial charge on any atom is -0.340 e. The Labute approximate surface area is 98.4 Å². The number of hydrogen-bond acceptors (Lipinski definition) is 2. The molecule has 1 aromatic rings. The van der Waals surface area contributed by atoms with E-state index in [0.717, 1.165) is 10.0 Å². The first-order chi connectivity index (χ1) is 7.06. The molecule has 1 amide bonds. The number of nitrogens with zero attached hydrogens (tertiary/aromatic N) is 1. The number of hydrogen-bond donors (Lipinski definition) is 1. The number of aryl methyl sites for hydroxylation is 1. The lowest BCUT2D eigenvalue weighted by atomic mass is 10.1. The van der Waals surface area contributed by atoms with Crippen LogP contribution in [-0.2, 0) is 0 Å². The largest absolute Gasteiger partial charge is 0.340 e. The molecule has 0 aliphatic carbocycles. The van der Waals surface area contributed by atoms with Gasteiger partial charge in [-0.25, -0.2) is 0 Å². The van der Waals surface area contributed by atoms with E-state index < -0.39 is 0 Å². The maximum atomic E-state index is 11.9. The molecule has 15 heavy (non-hydrogen) atoms. The van der Waals surface area contributed by atoms with Gasteiger partial charge in [-0.15, -0.1) is 0 Å². The number of halogens is 1. The van der Waals surface area contributed by atoms with E-state index in [1.54, 1.807) is 11.9 Å². The molecule has 0 aliphatic heterocycles. The molecule has 0 unspecified atom stereocenters. The van der Waals surface area contributed by atoms with Gasteiger partial charge in [0.2, 0.25) is 0 Å². The molecular weight excluding hydrogens is 256 g/mol. The number of benzene rings is 1. The first-order valence-electron chi connectivity index (χ1n) is 4.78. The second kappa shape index (κ2) is 5.28. The summed E-state index contributed by atoms with van der Waals surface area (Å²) in [7, 11) is 1.75. The van der Waals surface area contributed by atoms with Crippen molar-refractivity contribution < 1.29 is 4.79 Å². The van der Waals surface area contributed by atoms with E-state index in [4.69, 9.17) is 5.73 Å². The van der Waals surface area contributed by atoms with Gasteiger partial charge in [0.25, 0.3) is 5.91 Å². The lowest BCUT2D eigenvalue weighted by Crippen LogP contribution is -2.31. The highest BCUT2D eigenvalue weighted by molar-refractivity contribution is 9.10. The molecule has 0 saturated heterocycles. The van der Waals surface area contributed by atoms with Crippen LogP contribution in [0.5, 0.6) is 0 Å². The fraction of sp³-hybridized carbons (Fsp3) is 0.364. The van der Waals surface area contributed by atoms with Gasteiger partial charge < -0.3 is 10.6 Å². The average molecular weight is 271 g/mol. The highest BCUT2D eigenvalue weighted by Crippen LogP contribution is 2.19. The van der Waals surface area contributed by atoms with Crippen LogP contribution in [0.4, 0.5) is 0 Å². The van der Waals surface area contributed by atoms with Crippen molar-refractivity contribution in [3.05, 3.63) is 33.8 Å². The van der Waals surface area contributed by atoms with Crippen molar-refractivity contribution >= 4 is 21.8 Å². The third kappa shape index (κ3) is 3.04. The Balaban J connectivity index is 2.95. The Morgan fingerprint density at radius 3 is 2.80 bits per heavy atom. The van der Waals surface area contributed by atoms with Crippen LogP contribution in [0.25, 0.3) is 0 Å². The second-order valence-electron chi connectivity index (χ2n) is 3.50. The van der Waals surface area contributed by atoms with Gasteiger partial charge in [0.15, 0.2) is 0 Å². The molecule has 1 aromatic carbocycles. The Kier molecular flexibility index (Phi) is 4.29. The molecule has 0 bridgehead atoms. The lowest BCUT2D eigenvalue weighted by Gasteiger charge is -2.17. The number of amides is 1. The van der Waals surface area contributed by atoms with Crippen LogP contribution < -0.4 is 5.73 Å². The molecule has 1 rings (SSSR count). The van der Waals surface area contributed by atoms with Crippen LogP contribution in [0, 0.1) is 6.92 Å². The van der Waals surface area contributed by atoms with E-state index in [1.165, 1.54) is 0 Å². The lowest BCUT2D eigenvalue weighted by molar-refractivity contribution is 0.0798. The topological polar surface area (TPSA) is 46.3 Å². The third-order valence-electron chi connectivity index (χ3n) is 2.16. The summed E-state index contributed by atoms with van der Waals surface area (Å²) >= 11 is 3.37. The first kappa shape index (κ1) is 12.2. The summed E-state index contributed by atoms with van der Waals surface area (Å²) in [4.78, 5) is 13.6. The Hall–Kier alpha value is -0.870. The minimum absolute atomic E-state index is 0.00368. The van der Waals surface area contributed by atoms with E-state index in [9.17, 15) is 4.79 Å². The summed E-state index contributed by atoms with van der Waals surface area (Å²) < 4.78 is 0.821. The third-order valence-corrected chi connectivity index (χ3v) is 2.85. The zero-order valence-electron chi connectivity index (χ0n) is 8.96. The number of carbonyl (C=O) groups excluding carboxylic acids is 1. The van der Waals surface area contributed by atoms with Crippen molar-refractivity contribution in [2.75, 3.05) is 20.1 Å². The van der Waals surface area contributed by atoms with Gasteiger partial charge in [-0.05, 0) is 35.0 Å². The van der Waals surface area contributed by atoms with E-state index in [2.05, 4.69) is 15.9 Å². The van der Waals surface area contributed by atoms with Gasteiger partial charge in [0, 0.05) is 24.6 Å². The van der Waals surface area contributed by atoms with E-state index in [0.29, 0.717) is 18.7 Å². The molecule has 0 spiro atoms. The van der Waals surface area contributed by atoms with Gasteiger partial charge in [0.05, 0.1) is 5.56 Å². The summed E-state index contributed by atoms with van der Waals surface area (Å²) in [5, 5.41) is 0. The molecule has 82 valence electrons. The SMILES string of the molecule is Cc1ccc(Br)c(C(=O)N(C)CCN)c1. The van der Waals surface area contributed by atoms with Gasteiger partial charge >= 0.3 is 0 Å². The highest BCUT2D eigenvalue weighted by Gasteiger charge is 2.13. The smallest absolute Gasteiger partial charge is 0.254 e. The van der Waals surface area contributed by atoms with E-state index in [1.807, 2.05) is 25.1 Å². The van der Waals surface area contributed by atoms with Gasteiger partial charge in [-0.2, -0.15) is 0 Å². The molecule has 2 N–H and O–H groups in total. The number of nitrogens with two attached hydrogens (primary N) is 1. The predicted octanol–water partition coefficient (Wildman–Crippen LogP) is 1.79. The molecule has 0 aliphatic rings. The average Bonchev–Trinajstić information content (AvgIpc) is 2.21. The van der Waals surface area contributed by atoms with Crippen molar-refractivity contribution in [1.29, 1.82) is 0 Å². The maximum absolute atomic E-state index is 11.9. The fourth-order valence-electron chi connectivity index (χ4n) is 1.30. The quantitative estimate of drug-likeness (QED) is 0.911. The monoisotopic (exact) mass is 270 g/mol. The summed E-state index contributed by atoms with van der Waals surface area (Å²) in [5.41, 5.74) is 7.17. The summed E-state index contributed by atoms with van der Waals surface area (Å²) in [6.07, 6.45) is 0. The number of likely N-dealkylation sites (N-methyl/N-ethyl adjacent to an activating group) is 1. The molecule has 0 aromatic heterocycles. The normalized spacial score (nSPS) is 10.1. The Morgan fingerprint density at radius 1 is 1.53 bits per heavy atom. The van der Waals surface area contributed by atoms with Crippen molar-refractivity contribution in [1.82, 2.24) is 4.90 Å². The molecule has 0 saturated carbocycles. The highest BCUT2D eigenvalue weighted by atomic mass is 79.9. The van der Waals surface area contributed by atoms with Gasteiger partial charge in [-0.3, -0.25) is 4.79 Å². The van der Waals surface area contributed by atoms with Crippen LogP contribution in [0.3, 0.4) is 0 Å². The molecule has 4 heteroatoms. The summed E-state index contributed by atoms with van der Waals surface area (Å²) in [5.74, 6) is -0.00368.